The van der Waals surface area contributed by atoms with Crippen LogP contribution >= 0.6 is 23.6 Å². The maximum absolute atomic E-state index is 12.3. The van der Waals surface area contributed by atoms with E-state index in [4.69, 9.17) is 17.3 Å². The first-order valence-corrected chi connectivity index (χ1v) is 6.59. The van der Waals surface area contributed by atoms with Crippen molar-refractivity contribution in [2.45, 2.75) is 19.5 Å². The van der Waals surface area contributed by atoms with Gasteiger partial charge in [0.1, 0.15) is 6.54 Å². The second kappa shape index (κ2) is 6.49. The Labute approximate surface area is 116 Å². The molecular weight excluding hydrogens is 301 g/mol. The average molecular weight is 314 g/mol. The summed E-state index contributed by atoms with van der Waals surface area (Å²) in [5, 5.41) is 8.73. The minimum Gasteiger partial charge on any atom is -0.395 e. The number of nitrogens with zero attached hydrogens (tertiary/aromatic N) is 1. The van der Waals surface area contributed by atoms with E-state index in [2.05, 4.69) is 4.98 Å². The topological polar surface area (TPSA) is 56.3 Å². The maximum Gasteiger partial charge on any atom is 0.406 e. The number of aromatic amines is 1. The highest BCUT2D eigenvalue weighted by Gasteiger charge is 2.32. The van der Waals surface area contributed by atoms with Gasteiger partial charge in [-0.15, -0.1) is 11.3 Å². The van der Waals surface area contributed by atoms with Crippen molar-refractivity contribution in [1.82, 2.24) is 9.88 Å². The van der Waals surface area contributed by atoms with Crippen LogP contribution in [-0.4, -0.2) is 46.8 Å². The van der Waals surface area contributed by atoms with Crippen molar-refractivity contribution in [3.8, 4) is 0 Å². The number of H-pyrrole nitrogens is 1. The van der Waals surface area contributed by atoms with E-state index in [1.165, 1.54) is 0 Å². The summed E-state index contributed by atoms with van der Waals surface area (Å²) in [6.07, 6.45) is -4.63. The minimum absolute atomic E-state index is 0.153. The number of alkyl halides is 3. The Morgan fingerprint density at radius 3 is 2.58 bits per heavy atom. The van der Waals surface area contributed by atoms with Crippen molar-refractivity contribution in [2.75, 3.05) is 19.7 Å². The molecule has 0 radical (unpaired) electrons. The minimum atomic E-state index is -4.48. The summed E-state index contributed by atoms with van der Waals surface area (Å²) in [6, 6.07) is 0. The first kappa shape index (κ1) is 16.1. The fraction of sp³-hybridized carbons (Fsp3) is 0.600. The molecule has 0 aliphatic rings. The van der Waals surface area contributed by atoms with Crippen molar-refractivity contribution in [2.24, 2.45) is 0 Å². The Morgan fingerprint density at radius 1 is 1.53 bits per heavy atom. The summed E-state index contributed by atoms with van der Waals surface area (Å²) in [4.78, 5) is 15.8. The molecule has 4 nitrogen and oxygen atoms in total. The number of carbonyl (C=O) groups excluding carboxylic acids is 1. The number of carbonyl (C=O) groups is 1. The summed E-state index contributed by atoms with van der Waals surface area (Å²) in [6.45, 7) is -0.507. The Morgan fingerprint density at radius 2 is 2.16 bits per heavy atom. The van der Waals surface area contributed by atoms with Gasteiger partial charge in [-0.25, -0.2) is 0 Å². The third-order valence-corrected chi connectivity index (χ3v) is 3.66. The quantitative estimate of drug-likeness (QED) is 0.818. The fourth-order valence-electron chi connectivity index (χ4n) is 1.48. The Bertz CT molecular complexity index is 496. The summed E-state index contributed by atoms with van der Waals surface area (Å²) in [5.74, 6) is -0.681. The molecule has 0 aliphatic carbocycles. The Kier molecular flexibility index (Phi) is 5.50. The lowest BCUT2D eigenvalue weighted by Crippen LogP contribution is -2.41. The number of rotatable bonds is 5. The first-order chi connectivity index (χ1) is 8.73. The molecule has 0 unspecified atom stereocenters. The lowest BCUT2D eigenvalue weighted by molar-refractivity contribution is -0.161. The van der Waals surface area contributed by atoms with E-state index in [0.717, 1.165) is 11.3 Å². The van der Waals surface area contributed by atoms with Crippen LogP contribution in [0, 0.1) is 10.9 Å². The molecule has 0 fully saturated rings. The highest BCUT2D eigenvalue weighted by Crippen LogP contribution is 2.19. The van der Waals surface area contributed by atoms with Crippen LogP contribution in [-0.2, 0) is 11.2 Å². The molecule has 1 rings (SSSR count). The molecule has 19 heavy (non-hydrogen) atoms. The van der Waals surface area contributed by atoms with Crippen LogP contribution in [0.4, 0.5) is 13.2 Å². The maximum atomic E-state index is 12.3. The van der Waals surface area contributed by atoms with Gasteiger partial charge in [0.15, 0.2) is 3.95 Å². The molecule has 0 aliphatic heterocycles. The normalized spacial score (nSPS) is 11.6. The third-order valence-electron chi connectivity index (χ3n) is 2.33. The fourth-order valence-corrected chi connectivity index (χ4v) is 2.77. The molecule has 1 aromatic rings. The van der Waals surface area contributed by atoms with Crippen molar-refractivity contribution in [3.63, 3.8) is 0 Å². The van der Waals surface area contributed by atoms with Gasteiger partial charge in [-0.1, -0.05) is 0 Å². The van der Waals surface area contributed by atoms with E-state index in [-0.39, 0.29) is 13.0 Å². The zero-order chi connectivity index (χ0) is 14.6. The van der Waals surface area contributed by atoms with Crippen LogP contribution in [0.5, 0.6) is 0 Å². The van der Waals surface area contributed by atoms with Crippen molar-refractivity contribution in [1.29, 1.82) is 0 Å². The molecule has 1 amide bonds. The van der Waals surface area contributed by atoms with Crippen molar-refractivity contribution < 1.29 is 23.1 Å². The van der Waals surface area contributed by atoms with Gasteiger partial charge in [-0.05, 0) is 19.1 Å². The molecular formula is C10H13F3N2O2S2. The molecule has 1 heterocycles. The molecule has 0 bridgehead atoms. The number of aliphatic hydroxyl groups is 1. The van der Waals surface area contributed by atoms with E-state index in [1.807, 2.05) is 0 Å². The smallest absolute Gasteiger partial charge is 0.395 e. The number of amides is 1. The number of halogens is 3. The predicted molar refractivity (Wildman–Crippen MR) is 67.7 cm³/mol. The molecule has 0 spiro atoms. The van der Waals surface area contributed by atoms with Crippen LogP contribution in [0.1, 0.15) is 10.6 Å². The lowest BCUT2D eigenvalue weighted by atomic mass is 10.2. The van der Waals surface area contributed by atoms with Crippen molar-refractivity contribution >= 4 is 29.5 Å². The van der Waals surface area contributed by atoms with Crippen LogP contribution in [0.15, 0.2) is 0 Å². The molecule has 0 aromatic carbocycles. The molecule has 0 atom stereocenters. The first-order valence-electron chi connectivity index (χ1n) is 5.37. The highest BCUT2D eigenvalue weighted by molar-refractivity contribution is 7.73. The molecule has 9 heteroatoms. The number of aryl methyl sites for hydroxylation is 1. The van der Waals surface area contributed by atoms with Crippen LogP contribution in [0.3, 0.4) is 0 Å². The standard InChI is InChI=1S/C10H13F3N2O2S2/c1-6-7(19-9(18)14-6)4-8(17)15(2-3-16)5-10(11,12)13/h16H,2-5H2,1H3,(H,14,18). The number of aromatic nitrogens is 1. The summed E-state index contributed by atoms with van der Waals surface area (Å²) in [5.41, 5.74) is 0.680. The van der Waals surface area contributed by atoms with Crippen LogP contribution < -0.4 is 0 Å². The largest absolute Gasteiger partial charge is 0.406 e. The van der Waals surface area contributed by atoms with Gasteiger partial charge in [0, 0.05) is 17.1 Å². The molecule has 0 saturated heterocycles. The number of nitrogens with one attached hydrogen (secondary N) is 1. The molecule has 108 valence electrons. The zero-order valence-corrected chi connectivity index (χ0v) is 11.7. The van der Waals surface area contributed by atoms with Crippen LogP contribution in [0.25, 0.3) is 0 Å². The Hall–Kier alpha value is -0.930. The monoisotopic (exact) mass is 314 g/mol. The van der Waals surface area contributed by atoms with Gasteiger partial charge in [-0.3, -0.25) is 4.79 Å². The summed E-state index contributed by atoms with van der Waals surface area (Å²) >= 11 is 6.06. The van der Waals surface area contributed by atoms with E-state index >= 15 is 0 Å². The van der Waals surface area contributed by atoms with Gasteiger partial charge >= 0.3 is 6.18 Å². The molecule has 0 saturated carbocycles. The lowest BCUT2D eigenvalue weighted by Gasteiger charge is -2.22. The van der Waals surface area contributed by atoms with E-state index in [1.54, 1.807) is 6.92 Å². The molecule has 1 aromatic heterocycles. The second-order valence-corrected chi connectivity index (χ2v) is 5.67. The third kappa shape index (κ3) is 5.29. The Balaban J connectivity index is 2.77. The van der Waals surface area contributed by atoms with Gasteiger partial charge in [0.25, 0.3) is 0 Å². The van der Waals surface area contributed by atoms with E-state index in [9.17, 15) is 18.0 Å². The summed E-state index contributed by atoms with van der Waals surface area (Å²) in [7, 11) is 0. The number of hydrogen-bond donors (Lipinski definition) is 2. The van der Waals surface area contributed by atoms with Gasteiger partial charge in [0.05, 0.1) is 13.0 Å². The van der Waals surface area contributed by atoms with Gasteiger partial charge < -0.3 is 15.0 Å². The number of aliphatic hydroxyl groups excluding tert-OH is 1. The van der Waals surface area contributed by atoms with Crippen molar-refractivity contribution in [3.05, 3.63) is 14.5 Å². The van der Waals surface area contributed by atoms with Gasteiger partial charge in [0.2, 0.25) is 5.91 Å². The molecule has 2 N–H and O–H groups in total. The average Bonchev–Trinajstić information content (AvgIpc) is 2.55. The number of hydrogen-bond acceptors (Lipinski definition) is 4. The van der Waals surface area contributed by atoms with Gasteiger partial charge in [-0.2, -0.15) is 13.2 Å². The SMILES string of the molecule is Cc1[nH]c(=S)sc1CC(=O)N(CCO)CC(F)(F)F. The zero-order valence-electron chi connectivity index (χ0n) is 10.1. The van der Waals surface area contributed by atoms with E-state index < -0.39 is 25.2 Å². The predicted octanol–water partition coefficient (Wildman–Crippen LogP) is 2.04. The second-order valence-electron chi connectivity index (χ2n) is 3.89. The number of thiazole rings is 1. The van der Waals surface area contributed by atoms with Crippen LogP contribution in [0.2, 0.25) is 0 Å². The van der Waals surface area contributed by atoms with E-state index in [0.29, 0.717) is 19.4 Å². The summed E-state index contributed by atoms with van der Waals surface area (Å²) < 4.78 is 37.4. The highest BCUT2D eigenvalue weighted by atomic mass is 32.1.